The SMILES string of the molecule is CCCCC(O)[C@@H](NS(=O)(=O)c1ccc(Br)cc1)[C@@H](C)CC. The van der Waals surface area contributed by atoms with Crippen molar-refractivity contribution in [3.05, 3.63) is 28.7 Å². The molecule has 126 valence electrons. The Kier molecular flexibility index (Phi) is 8.03. The lowest BCUT2D eigenvalue weighted by Gasteiger charge is -2.28. The highest BCUT2D eigenvalue weighted by atomic mass is 79.9. The lowest BCUT2D eigenvalue weighted by molar-refractivity contribution is 0.101. The van der Waals surface area contributed by atoms with E-state index in [9.17, 15) is 13.5 Å². The van der Waals surface area contributed by atoms with E-state index in [1.54, 1.807) is 24.3 Å². The van der Waals surface area contributed by atoms with E-state index in [1.807, 2.05) is 13.8 Å². The minimum atomic E-state index is -3.63. The molecule has 0 heterocycles. The zero-order valence-electron chi connectivity index (χ0n) is 13.4. The first-order valence-electron chi connectivity index (χ1n) is 7.77. The molecule has 2 N–H and O–H groups in total. The molecule has 0 bridgehead atoms. The molecule has 1 aromatic rings. The van der Waals surface area contributed by atoms with E-state index in [0.717, 1.165) is 23.7 Å². The summed E-state index contributed by atoms with van der Waals surface area (Å²) in [5.74, 6) is 0.0667. The summed E-state index contributed by atoms with van der Waals surface area (Å²) >= 11 is 3.29. The Bertz CT molecular complexity index is 545. The quantitative estimate of drug-likeness (QED) is 0.674. The first-order chi connectivity index (χ1) is 10.3. The molecule has 0 fully saturated rings. The molecule has 0 aliphatic rings. The van der Waals surface area contributed by atoms with Crippen molar-refractivity contribution in [2.24, 2.45) is 5.92 Å². The van der Waals surface area contributed by atoms with Crippen molar-refractivity contribution in [1.82, 2.24) is 4.72 Å². The summed E-state index contributed by atoms with van der Waals surface area (Å²) in [4.78, 5) is 0.215. The number of benzene rings is 1. The van der Waals surface area contributed by atoms with Crippen LogP contribution in [0.4, 0.5) is 0 Å². The van der Waals surface area contributed by atoms with Gasteiger partial charge >= 0.3 is 0 Å². The average molecular weight is 392 g/mol. The van der Waals surface area contributed by atoms with Crippen LogP contribution in [-0.2, 0) is 10.0 Å². The van der Waals surface area contributed by atoms with Gasteiger partial charge in [-0.2, -0.15) is 0 Å². The first kappa shape index (κ1) is 19.6. The summed E-state index contributed by atoms with van der Waals surface area (Å²) in [6.45, 7) is 6.01. The van der Waals surface area contributed by atoms with Crippen LogP contribution in [0.15, 0.2) is 33.6 Å². The lowest BCUT2D eigenvalue weighted by Crippen LogP contribution is -2.47. The van der Waals surface area contributed by atoms with Gasteiger partial charge in [-0.1, -0.05) is 56.0 Å². The monoisotopic (exact) mass is 391 g/mol. The van der Waals surface area contributed by atoms with Gasteiger partial charge in [0.05, 0.1) is 17.0 Å². The maximum absolute atomic E-state index is 12.5. The van der Waals surface area contributed by atoms with Crippen LogP contribution in [-0.4, -0.2) is 25.7 Å². The van der Waals surface area contributed by atoms with Crippen molar-refractivity contribution in [2.75, 3.05) is 0 Å². The Morgan fingerprint density at radius 1 is 1.23 bits per heavy atom. The Balaban J connectivity index is 2.94. The zero-order valence-corrected chi connectivity index (χ0v) is 15.8. The smallest absolute Gasteiger partial charge is 0.240 e. The molecule has 6 heteroatoms. The summed E-state index contributed by atoms with van der Waals surface area (Å²) in [5, 5.41) is 10.4. The van der Waals surface area contributed by atoms with E-state index in [1.165, 1.54) is 0 Å². The third-order valence-corrected chi connectivity index (χ3v) is 5.94. The zero-order chi connectivity index (χ0) is 16.8. The molecule has 0 saturated carbocycles. The number of nitrogens with one attached hydrogen (secondary N) is 1. The van der Waals surface area contributed by atoms with Crippen molar-refractivity contribution >= 4 is 26.0 Å². The molecule has 0 aliphatic carbocycles. The highest BCUT2D eigenvalue weighted by Crippen LogP contribution is 2.20. The van der Waals surface area contributed by atoms with Crippen LogP contribution in [0, 0.1) is 5.92 Å². The summed E-state index contributed by atoms with van der Waals surface area (Å²) < 4.78 is 28.6. The second-order valence-electron chi connectivity index (χ2n) is 5.70. The molecular formula is C16H26BrNO3S. The van der Waals surface area contributed by atoms with Gasteiger partial charge < -0.3 is 5.11 Å². The minimum absolute atomic E-state index is 0.0667. The molecule has 1 aromatic carbocycles. The number of halogens is 1. The van der Waals surface area contributed by atoms with Crippen molar-refractivity contribution in [3.8, 4) is 0 Å². The maximum atomic E-state index is 12.5. The van der Waals surface area contributed by atoms with Gasteiger partial charge in [-0.15, -0.1) is 0 Å². The van der Waals surface area contributed by atoms with Crippen LogP contribution in [0.2, 0.25) is 0 Å². The molecule has 0 saturated heterocycles. The van der Waals surface area contributed by atoms with Crippen molar-refractivity contribution in [1.29, 1.82) is 0 Å². The summed E-state index contributed by atoms with van der Waals surface area (Å²) in [7, 11) is -3.63. The van der Waals surface area contributed by atoms with Crippen molar-refractivity contribution in [3.63, 3.8) is 0 Å². The van der Waals surface area contributed by atoms with E-state index < -0.39 is 22.2 Å². The number of unbranched alkanes of at least 4 members (excludes halogenated alkanes) is 1. The molecular weight excluding hydrogens is 366 g/mol. The normalized spacial score (nSPS) is 16.2. The van der Waals surface area contributed by atoms with Gasteiger partial charge in [-0.05, 0) is 36.6 Å². The Labute approximate surface area is 142 Å². The van der Waals surface area contributed by atoms with E-state index >= 15 is 0 Å². The minimum Gasteiger partial charge on any atom is -0.391 e. The second kappa shape index (κ2) is 9.01. The highest BCUT2D eigenvalue weighted by Gasteiger charge is 2.29. The van der Waals surface area contributed by atoms with E-state index in [4.69, 9.17) is 0 Å². The summed E-state index contributed by atoms with van der Waals surface area (Å²) in [6, 6.07) is 6.03. The molecule has 3 atom stereocenters. The molecule has 0 radical (unpaired) electrons. The molecule has 0 aliphatic heterocycles. The van der Waals surface area contributed by atoms with Gasteiger partial charge in [0.25, 0.3) is 0 Å². The van der Waals surface area contributed by atoms with E-state index in [0.29, 0.717) is 6.42 Å². The Morgan fingerprint density at radius 2 is 1.82 bits per heavy atom. The predicted octanol–water partition coefficient (Wildman–Crippen LogP) is 3.69. The third-order valence-electron chi connectivity index (χ3n) is 3.94. The number of hydrogen-bond acceptors (Lipinski definition) is 3. The van der Waals surface area contributed by atoms with Gasteiger partial charge in [0.1, 0.15) is 0 Å². The van der Waals surface area contributed by atoms with Crippen molar-refractivity contribution < 1.29 is 13.5 Å². The fraction of sp³-hybridized carbons (Fsp3) is 0.625. The van der Waals surface area contributed by atoms with E-state index in [-0.39, 0.29) is 10.8 Å². The highest BCUT2D eigenvalue weighted by molar-refractivity contribution is 9.10. The van der Waals surface area contributed by atoms with Gasteiger partial charge in [0, 0.05) is 4.47 Å². The Morgan fingerprint density at radius 3 is 2.32 bits per heavy atom. The van der Waals surface area contributed by atoms with Gasteiger partial charge in [-0.25, -0.2) is 13.1 Å². The molecule has 0 aromatic heterocycles. The van der Waals surface area contributed by atoms with Gasteiger partial charge in [0.2, 0.25) is 10.0 Å². The Hall–Kier alpha value is -0.430. The van der Waals surface area contributed by atoms with Crippen molar-refractivity contribution in [2.45, 2.75) is 63.5 Å². The standard InChI is InChI=1S/C16H26BrNO3S/c1-4-6-7-15(19)16(12(3)5-2)18-22(20,21)14-10-8-13(17)9-11-14/h8-12,15-16,18-19H,4-7H2,1-3H3/t12-,15?,16-/m0/s1. The molecule has 1 unspecified atom stereocenters. The van der Waals surface area contributed by atoms with Gasteiger partial charge in [0.15, 0.2) is 0 Å². The topological polar surface area (TPSA) is 66.4 Å². The number of aliphatic hydroxyl groups is 1. The number of aliphatic hydroxyl groups excluding tert-OH is 1. The fourth-order valence-electron chi connectivity index (χ4n) is 2.28. The largest absolute Gasteiger partial charge is 0.391 e. The lowest BCUT2D eigenvalue weighted by atomic mass is 9.92. The van der Waals surface area contributed by atoms with Crippen LogP contribution in [0.25, 0.3) is 0 Å². The van der Waals surface area contributed by atoms with Crippen LogP contribution >= 0.6 is 15.9 Å². The molecule has 1 rings (SSSR count). The third kappa shape index (κ3) is 5.65. The van der Waals surface area contributed by atoms with Crippen LogP contribution in [0.1, 0.15) is 46.5 Å². The summed E-state index contributed by atoms with van der Waals surface area (Å²) in [5.41, 5.74) is 0. The first-order valence-corrected chi connectivity index (χ1v) is 10.0. The van der Waals surface area contributed by atoms with Gasteiger partial charge in [-0.3, -0.25) is 0 Å². The maximum Gasteiger partial charge on any atom is 0.240 e. The van der Waals surface area contributed by atoms with E-state index in [2.05, 4.69) is 27.6 Å². The summed E-state index contributed by atoms with van der Waals surface area (Å²) in [6.07, 6.45) is 2.60. The van der Waals surface area contributed by atoms with Crippen LogP contribution in [0.3, 0.4) is 0 Å². The van der Waals surface area contributed by atoms with Crippen LogP contribution in [0.5, 0.6) is 0 Å². The number of hydrogen-bond donors (Lipinski definition) is 2. The fourth-order valence-corrected chi connectivity index (χ4v) is 3.92. The molecule has 4 nitrogen and oxygen atoms in total. The number of rotatable bonds is 9. The molecule has 0 spiro atoms. The average Bonchev–Trinajstić information content (AvgIpc) is 2.50. The molecule has 22 heavy (non-hydrogen) atoms. The second-order valence-corrected chi connectivity index (χ2v) is 8.33. The van der Waals surface area contributed by atoms with Crippen LogP contribution < -0.4 is 4.72 Å². The molecule has 0 amide bonds. The predicted molar refractivity (Wildman–Crippen MR) is 93.2 cm³/mol. The number of sulfonamides is 1.